The first-order valence-corrected chi connectivity index (χ1v) is 8.85. The van der Waals surface area contributed by atoms with E-state index in [0.29, 0.717) is 30.4 Å². The van der Waals surface area contributed by atoms with Crippen molar-refractivity contribution in [2.45, 2.75) is 17.9 Å². The highest BCUT2D eigenvalue weighted by molar-refractivity contribution is 7.98. The summed E-state index contributed by atoms with van der Waals surface area (Å²) in [5, 5.41) is 5.79. The maximum atomic E-state index is 12.3. The third kappa shape index (κ3) is 3.73. The fraction of sp³-hybridized carbons (Fsp3) is 0.294. The summed E-state index contributed by atoms with van der Waals surface area (Å²) in [4.78, 5) is 17.3. The molecule has 1 aliphatic rings. The number of carbonyl (C=O) groups is 1. The summed E-state index contributed by atoms with van der Waals surface area (Å²) in [7, 11) is 0. The predicted octanol–water partition coefficient (Wildman–Crippen LogP) is 3.46. The smallest absolute Gasteiger partial charge is 0.319 e. The molecule has 126 valence electrons. The molecule has 0 bridgehead atoms. The molecule has 0 radical (unpaired) electrons. The zero-order chi connectivity index (χ0) is 16.9. The van der Waals surface area contributed by atoms with Crippen molar-refractivity contribution in [3.8, 4) is 11.5 Å². The lowest BCUT2D eigenvalue weighted by molar-refractivity contribution is 0.171. The molecule has 0 fully saturated rings. The molecule has 0 saturated carbocycles. The summed E-state index contributed by atoms with van der Waals surface area (Å²) in [6.45, 7) is 2.96. The van der Waals surface area contributed by atoms with E-state index in [4.69, 9.17) is 9.47 Å². The number of nitrogens with one attached hydrogen (secondary N) is 2. The Kier molecular flexibility index (Phi) is 5.10. The molecule has 0 saturated heterocycles. The third-order valence-electron chi connectivity index (χ3n) is 3.64. The molecular weight excluding hydrogens is 326 g/mol. The zero-order valence-corrected chi connectivity index (χ0v) is 14.4. The highest BCUT2D eigenvalue weighted by Gasteiger charge is 2.17. The molecule has 6 nitrogen and oxygen atoms in total. The molecule has 1 aromatic carbocycles. The molecule has 2 N–H and O–H groups in total. The minimum atomic E-state index is -0.279. The molecular formula is C17H19N3O3S. The van der Waals surface area contributed by atoms with Gasteiger partial charge in [-0.2, -0.15) is 0 Å². The summed E-state index contributed by atoms with van der Waals surface area (Å²) in [5.41, 5.74) is 1.64. The number of urea groups is 1. The van der Waals surface area contributed by atoms with E-state index in [-0.39, 0.29) is 12.1 Å². The van der Waals surface area contributed by atoms with Crippen molar-refractivity contribution in [1.29, 1.82) is 0 Å². The van der Waals surface area contributed by atoms with Gasteiger partial charge in [0.1, 0.15) is 13.2 Å². The van der Waals surface area contributed by atoms with Crippen LogP contribution in [-0.4, -0.2) is 30.5 Å². The summed E-state index contributed by atoms with van der Waals surface area (Å²) >= 11 is 1.54. The van der Waals surface area contributed by atoms with Crippen molar-refractivity contribution >= 4 is 23.5 Å². The standard InChI is InChI=1S/C17H19N3O3S/c1-11(12-4-3-5-18-10-12)19-17(21)20-13-8-14-15(9-16(13)24-2)23-7-6-22-14/h3-5,8-11H,6-7H2,1-2H3,(H2,19,20,21)/t11-/m1/s1. The second-order valence-corrected chi connectivity index (χ2v) is 6.15. The van der Waals surface area contributed by atoms with E-state index >= 15 is 0 Å². The molecule has 24 heavy (non-hydrogen) atoms. The predicted molar refractivity (Wildman–Crippen MR) is 94.0 cm³/mol. The van der Waals surface area contributed by atoms with E-state index in [9.17, 15) is 4.79 Å². The van der Waals surface area contributed by atoms with Crippen LogP contribution in [0.3, 0.4) is 0 Å². The van der Waals surface area contributed by atoms with Gasteiger partial charge in [-0.25, -0.2) is 4.79 Å². The van der Waals surface area contributed by atoms with Gasteiger partial charge < -0.3 is 20.1 Å². The van der Waals surface area contributed by atoms with E-state index in [0.717, 1.165) is 10.5 Å². The number of carbonyl (C=O) groups excluding carboxylic acids is 1. The Labute approximate surface area is 145 Å². The lowest BCUT2D eigenvalue weighted by Gasteiger charge is -2.21. The van der Waals surface area contributed by atoms with Crippen molar-refractivity contribution in [3.63, 3.8) is 0 Å². The summed E-state index contributed by atoms with van der Waals surface area (Å²) in [6, 6.07) is 7.04. The normalized spacial score (nSPS) is 13.9. The van der Waals surface area contributed by atoms with Crippen molar-refractivity contribution in [2.24, 2.45) is 0 Å². The van der Waals surface area contributed by atoms with Crippen LogP contribution in [0.1, 0.15) is 18.5 Å². The molecule has 1 atom stereocenters. The lowest BCUT2D eigenvalue weighted by Crippen LogP contribution is -2.31. The highest BCUT2D eigenvalue weighted by atomic mass is 32.2. The Balaban J connectivity index is 1.72. The molecule has 1 aromatic heterocycles. The SMILES string of the molecule is CSc1cc2c(cc1NC(=O)N[C@H](C)c1cccnc1)OCCO2. The van der Waals surface area contributed by atoms with Crippen LogP contribution >= 0.6 is 11.8 Å². The number of rotatable bonds is 4. The van der Waals surface area contributed by atoms with Gasteiger partial charge in [-0.1, -0.05) is 6.07 Å². The first-order chi connectivity index (χ1) is 11.7. The average Bonchev–Trinajstić information content (AvgIpc) is 2.61. The molecule has 2 amide bonds. The molecule has 7 heteroatoms. The van der Waals surface area contributed by atoms with E-state index in [1.54, 1.807) is 18.5 Å². The van der Waals surface area contributed by atoms with Crippen LogP contribution in [0.15, 0.2) is 41.6 Å². The number of nitrogens with zero attached hydrogens (tertiary/aromatic N) is 1. The maximum Gasteiger partial charge on any atom is 0.319 e. The van der Waals surface area contributed by atoms with E-state index < -0.39 is 0 Å². The second-order valence-electron chi connectivity index (χ2n) is 5.30. The number of fused-ring (bicyclic) bond motifs is 1. The van der Waals surface area contributed by atoms with Gasteiger partial charge in [0, 0.05) is 23.4 Å². The van der Waals surface area contributed by atoms with Gasteiger partial charge in [-0.05, 0) is 30.9 Å². The van der Waals surface area contributed by atoms with Crippen molar-refractivity contribution < 1.29 is 14.3 Å². The molecule has 3 rings (SSSR count). The molecule has 0 unspecified atom stereocenters. The van der Waals surface area contributed by atoms with Crippen LogP contribution in [0.25, 0.3) is 0 Å². The average molecular weight is 345 g/mol. The fourth-order valence-corrected chi connectivity index (χ4v) is 2.96. The molecule has 1 aliphatic heterocycles. The number of ether oxygens (including phenoxy) is 2. The first-order valence-electron chi connectivity index (χ1n) is 7.62. The minimum Gasteiger partial charge on any atom is -0.486 e. The van der Waals surface area contributed by atoms with Gasteiger partial charge >= 0.3 is 6.03 Å². The molecule has 2 aromatic rings. The molecule has 0 aliphatic carbocycles. The van der Waals surface area contributed by atoms with E-state index in [1.807, 2.05) is 31.4 Å². The zero-order valence-electron chi connectivity index (χ0n) is 13.5. The van der Waals surface area contributed by atoms with Gasteiger partial charge in [-0.15, -0.1) is 11.8 Å². The largest absolute Gasteiger partial charge is 0.486 e. The second kappa shape index (κ2) is 7.44. The molecule has 2 heterocycles. The Morgan fingerprint density at radius 3 is 2.71 bits per heavy atom. The molecule has 0 spiro atoms. The summed E-state index contributed by atoms with van der Waals surface area (Å²) in [6.07, 6.45) is 5.39. The number of aromatic nitrogens is 1. The van der Waals surface area contributed by atoms with Gasteiger partial charge in [0.25, 0.3) is 0 Å². The number of hydrogen-bond donors (Lipinski definition) is 2. The summed E-state index contributed by atoms with van der Waals surface area (Å²) < 4.78 is 11.2. The van der Waals surface area contributed by atoms with Crippen LogP contribution < -0.4 is 20.1 Å². The van der Waals surface area contributed by atoms with Crippen molar-refractivity contribution in [1.82, 2.24) is 10.3 Å². The Morgan fingerprint density at radius 2 is 2.04 bits per heavy atom. The van der Waals surface area contributed by atoms with Crippen LogP contribution in [0, 0.1) is 0 Å². The highest BCUT2D eigenvalue weighted by Crippen LogP contribution is 2.39. The van der Waals surface area contributed by atoms with Crippen molar-refractivity contribution in [2.75, 3.05) is 24.8 Å². The van der Waals surface area contributed by atoms with E-state index in [1.165, 1.54) is 11.8 Å². The van der Waals surface area contributed by atoms with Crippen LogP contribution in [-0.2, 0) is 0 Å². The van der Waals surface area contributed by atoms with Gasteiger partial charge in [-0.3, -0.25) is 4.98 Å². The first kappa shape index (κ1) is 16.4. The number of hydrogen-bond acceptors (Lipinski definition) is 5. The summed E-state index contributed by atoms with van der Waals surface area (Å²) in [5.74, 6) is 1.36. The number of anilines is 1. The van der Waals surface area contributed by atoms with Gasteiger partial charge in [0.15, 0.2) is 11.5 Å². The van der Waals surface area contributed by atoms with E-state index in [2.05, 4.69) is 15.6 Å². The van der Waals surface area contributed by atoms with Crippen molar-refractivity contribution in [3.05, 3.63) is 42.2 Å². The quantitative estimate of drug-likeness (QED) is 0.830. The van der Waals surface area contributed by atoms with Crippen LogP contribution in [0.2, 0.25) is 0 Å². The Morgan fingerprint density at radius 1 is 1.29 bits per heavy atom. The Bertz CT molecular complexity index is 725. The number of pyridine rings is 1. The maximum absolute atomic E-state index is 12.3. The lowest BCUT2D eigenvalue weighted by atomic mass is 10.1. The van der Waals surface area contributed by atoms with Crippen LogP contribution in [0.4, 0.5) is 10.5 Å². The minimum absolute atomic E-state index is 0.145. The Hall–Kier alpha value is -2.41. The fourth-order valence-electron chi connectivity index (χ4n) is 2.41. The monoisotopic (exact) mass is 345 g/mol. The number of amides is 2. The number of thioether (sulfide) groups is 1. The third-order valence-corrected chi connectivity index (χ3v) is 4.42. The number of benzene rings is 1. The van der Waals surface area contributed by atoms with Crippen LogP contribution in [0.5, 0.6) is 11.5 Å². The van der Waals surface area contributed by atoms with Gasteiger partial charge in [0.05, 0.1) is 11.7 Å². The topological polar surface area (TPSA) is 72.5 Å². The van der Waals surface area contributed by atoms with Gasteiger partial charge in [0.2, 0.25) is 0 Å².